The van der Waals surface area contributed by atoms with Crippen molar-refractivity contribution in [1.82, 2.24) is 0 Å². The maximum atomic E-state index is 12.8. The summed E-state index contributed by atoms with van der Waals surface area (Å²) in [6.45, 7) is 13.2. The zero-order chi connectivity index (χ0) is 33.6. The molecule has 5 aromatic carbocycles. The molecular weight excluding hydrogens is 575 g/mol. The van der Waals surface area contributed by atoms with Gasteiger partial charge in [-0.3, -0.25) is 9.59 Å². The third-order valence-corrected chi connectivity index (χ3v) is 9.44. The number of benzene rings is 5. The van der Waals surface area contributed by atoms with Gasteiger partial charge in [0, 0.05) is 33.3 Å². The number of rotatable bonds is 11. The van der Waals surface area contributed by atoms with E-state index in [0.29, 0.717) is 11.1 Å². The Hall–Kier alpha value is -4.90. The number of nitrogens with one attached hydrogen (secondary N) is 2. The Morgan fingerprint density at radius 2 is 0.830 bits per heavy atom. The lowest BCUT2D eigenvalue weighted by Gasteiger charge is -2.30. The van der Waals surface area contributed by atoms with E-state index in [2.05, 4.69) is 101 Å². The molecule has 5 heteroatoms. The number of hydrogen-bond donors (Lipinski definition) is 2. The molecule has 0 atom stereocenters. The van der Waals surface area contributed by atoms with Crippen molar-refractivity contribution in [3.63, 3.8) is 0 Å². The van der Waals surface area contributed by atoms with Crippen molar-refractivity contribution in [2.24, 2.45) is 0 Å². The van der Waals surface area contributed by atoms with Crippen molar-refractivity contribution >= 4 is 30.5 Å². The fraction of sp³-hybridized carbons (Fsp3) is 0.238. The predicted octanol–water partition coefficient (Wildman–Crippen LogP) is 9.39. The fourth-order valence-electron chi connectivity index (χ4n) is 5.99. The molecule has 0 fully saturated rings. The van der Waals surface area contributed by atoms with Crippen LogP contribution in [-0.4, -0.2) is 19.1 Å². The minimum Gasteiger partial charge on any atom is -0.322 e. The van der Waals surface area contributed by atoms with Gasteiger partial charge in [-0.2, -0.15) is 0 Å². The van der Waals surface area contributed by atoms with Crippen molar-refractivity contribution in [3.8, 4) is 0 Å². The third kappa shape index (κ3) is 7.74. The van der Waals surface area contributed by atoms with E-state index >= 15 is 0 Å². The highest BCUT2D eigenvalue weighted by Gasteiger charge is 2.27. The summed E-state index contributed by atoms with van der Waals surface area (Å²) < 4.78 is 0. The summed E-state index contributed by atoms with van der Waals surface area (Å²) in [4.78, 5) is 25.5. The lowest BCUT2D eigenvalue weighted by molar-refractivity contribution is 0.101. The number of carbonyl (C=O) groups is 2. The zero-order valence-electron chi connectivity index (χ0n) is 28.5. The first-order valence-electron chi connectivity index (χ1n) is 16.6. The maximum Gasteiger partial charge on any atom is 0.255 e. The highest BCUT2D eigenvalue weighted by atomic mass is 16.2. The Morgan fingerprint density at radius 1 is 0.511 bits per heavy atom. The number of hydrogen-bond acceptors (Lipinski definition) is 2. The quantitative estimate of drug-likeness (QED) is 0.145. The first kappa shape index (κ1) is 33.5. The van der Waals surface area contributed by atoms with Gasteiger partial charge in [-0.1, -0.05) is 126 Å². The minimum atomic E-state index is -0.225. The van der Waals surface area contributed by atoms with Crippen LogP contribution in [0.25, 0.3) is 0 Å². The van der Waals surface area contributed by atoms with Gasteiger partial charge in [0.1, 0.15) is 7.28 Å². The first-order chi connectivity index (χ1) is 22.5. The van der Waals surface area contributed by atoms with Gasteiger partial charge in [0.05, 0.1) is 0 Å². The molecule has 47 heavy (non-hydrogen) atoms. The summed E-state index contributed by atoms with van der Waals surface area (Å²) in [5, 5.41) is 6.05. The van der Waals surface area contributed by atoms with E-state index < -0.39 is 0 Å². The van der Waals surface area contributed by atoms with Crippen LogP contribution in [0.1, 0.15) is 88.7 Å². The number of anilines is 2. The van der Waals surface area contributed by atoms with Gasteiger partial charge in [-0.05, 0) is 82.8 Å². The van der Waals surface area contributed by atoms with Gasteiger partial charge in [-0.15, -0.1) is 0 Å². The smallest absolute Gasteiger partial charge is 0.255 e. The fourth-order valence-corrected chi connectivity index (χ4v) is 5.99. The molecule has 0 heterocycles. The van der Waals surface area contributed by atoms with E-state index in [1.165, 1.54) is 33.4 Å². The molecule has 5 aromatic rings. The molecule has 0 aliphatic carbocycles. The summed E-state index contributed by atoms with van der Waals surface area (Å²) in [7, 11) is 1.09. The monoisotopic (exact) mass is 620 g/mol. The molecule has 2 amide bonds. The Labute approximate surface area is 280 Å². The number of amides is 2. The van der Waals surface area contributed by atoms with Gasteiger partial charge in [0.15, 0.2) is 0 Å². The second kappa shape index (κ2) is 14.3. The molecule has 0 saturated heterocycles. The molecule has 5 rings (SSSR count). The number of aryl methyl sites for hydroxylation is 1. The van der Waals surface area contributed by atoms with E-state index in [-0.39, 0.29) is 22.6 Å². The summed E-state index contributed by atoms with van der Waals surface area (Å²) in [6.07, 6.45) is 1.97. The van der Waals surface area contributed by atoms with Crippen molar-refractivity contribution in [2.45, 2.75) is 65.0 Å². The van der Waals surface area contributed by atoms with Gasteiger partial charge < -0.3 is 10.6 Å². The van der Waals surface area contributed by atoms with E-state index in [0.717, 1.165) is 31.4 Å². The second-order valence-electron chi connectivity index (χ2n) is 13.4. The van der Waals surface area contributed by atoms with Crippen LogP contribution in [0.2, 0.25) is 6.82 Å². The molecule has 0 aliphatic heterocycles. The largest absolute Gasteiger partial charge is 0.322 e. The molecule has 2 N–H and O–H groups in total. The normalized spacial score (nSPS) is 11.5. The lowest BCUT2D eigenvalue weighted by Crippen LogP contribution is -2.21. The van der Waals surface area contributed by atoms with Crippen molar-refractivity contribution in [3.05, 3.63) is 166 Å². The first-order valence-corrected chi connectivity index (χ1v) is 16.6. The summed E-state index contributed by atoms with van der Waals surface area (Å²) in [5.74, 6) is -0.208. The Balaban J connectivity index is 1.23. The third-order valence-electron chi connectivity index (χ3n) is 9.44. The average molecular weight is 621 g/mol. The van der Waals surface area contributed by atoms with Crippen LogP contribution >= 0.6 is 0 Å². The maximum absolute atomic E-state index is 12.8. The van der Waals surface area contributed by atoms with Crippen LogP contribution in [0.5, 0.6) is 0 Å². The molecule has 0 unspecified atom stereocenters. The van der Waals surface area contributed by atoms with E-state index in [4.69, 9.17) is 0 Å². The highest BCUT2D eigenvalue weighted by Crippen LogP contribution is 2.36. The van der Waals surface area contributed by atoms with Gasteiger partial charge in [0.2, 0.25) is 0 Å². The van der Waals surface area contributed by atoms with Gasteiger partial charge in [-0.25, -0.2) is 0 Å². The van der Waals surface area contributed by atoms with Crippen LogP contribution in [0.15, 0.2) is 121 Å². The number of carbonyl (C=O) groups excluding carboxylic acids is 2. The Morgan fingerprint density at radius 3 is 1.15 bits per heavy atom. The predicted molar refractivity (Wildman–Crippen MR) is 198 cm³/mol. The molecule has 0 aliphatic rings. The standard InChI is InChI=1S/C42H45BN2O2/c1-7-29-8-12-31(13-9-29)39(46)44-37-24-20-35(21-25-37)41(2,3)33-16-18-34(19-17-33)42(4,5)36-22-26-38(27-23-36)45-40(47)32-14-10-30(11-15-32)28-43-6/h8-27,43H,7,28H2,1-6H3,(H,44,46)(H,45,47). The van der Waals surface area contributed by atoms with Crippen LogP contribution < -0.4 is 10.6 Å². The van der Waals surface area contributed by atoms with Gasteiger partial charge in [0.25, 0.3) is 11.8 Å². The second-order valence-corrected chi connectivity index (χ2v) is 13.4. The van der Waals surface area contributed by atoms with Crippen molar-refractivity contribution in [2.75, 3.05) is 10.6 Å². The van der Waals surface area contributed by atoms with Crippen molar-refractivity contribution in [1.29, 1.82) is 0 Å². The lowest BCUT2D eigenvalue weighted by atomic mass is 9.74. The molecule has 0 aromatic heterocycles. The molecule has 0 spiro atoms. The Kier molecular flexibility index (Phi) is 10.1. The summed E-state index contributed by atoms with van der Waals surface area (Å²) in [6, 6.07) is 40.7. The van der Waals surface area contributed by atoms with Crippen molar-refractivity contribution < 1.29 is 9.59 Å². The summed E-state index contributed by atoms with van der Waals surface area (Å²) in [5.41, 5.74) is 9.65. The Bertz CT molecular complexity index is 1810. The van der Waals surface area contributed by atoms with E-state index in [1.807, 2.05) is 72.8 Å². The topological polar surface area (TPSA) is 58.2 Å². The zero-order valence-corrected chi connectivity index (χ0v) is 28.5. The van der Waals surface area contributed by atoms with E-state index in [9.17, 15) is 9.59 Å². The van der Waals surface area contributed by atoms with E-state index in [1.54, 1.807) is 0 Å². The molecule has 4 nitrogen and oxygen atoms in total. The van der Waals surface area contributed by atoms with Crippen LogP contribution in [0, 0.1) is 0 Å². The molecule has 0 radical (unpaired) electrons. The molecule has 0 bridgehead atoms. The highest BCUT2D eigenvalue weighted by molar-refractivity contribution is 6.32. The minimum absolute atomic E-state index is 0.102. The van der Waals surface area contributed by atoms with Gasteiger partial charge >= 0.3 is 0 Å². The molecular formula is C42H45BN2O2. The SMILES string of the molecule is CBCc1ccc(C(=O)Nc2ccc(C(C)(C)c3ccc(C(C)(C)c4ccc(NC(=O)c5ccc(CC)cc5)cc4)cc3)cc2)cc1. The van der Waals surface area contributed by atoms with Crippen LogP contribution in [-0.2, 0) is 23.6 Å². The molecule has 238 valence electrons. The van der Waals surface area contributed by atoms with Crippen LogP contribution in [0.4, 0.5) is 11.4 Å². The summed E-state index contributed by atoms with van der Waals surface area (Å²) >= 11 is 0. The average Bonchev–Trinajstić information content (AvgIpc) is 3.09. The molecule has 0 saturated carbocycles. The van der Waals surface area contributed by atoms with Crippen LogP contribution in [0.3, 0.4) is 0 Å².